The Morgan fingerprint density at radius 1 is 1.53 bits per heavy atom. The van der Waals surface area contributed by atoms with Crippen molar-refractivity contribution in [3.8, 4) is 0 Å². The third kappa shape index (κ3) is 2.74. The maximum absolute atomic E-state index is 5.70. The molecule has 92 valence electrons. The van der Waals surface area contributed by atoms with Crippen molar-refractivity contribution in [2.24, 2.45) is 5.73 Å². The van der Waals surface area contributed by atoms with Gasteiger partial charge in [0.15, 0.2) is 5.65 Å². The van der Waals surface area contributed by atoms with Crippen LogP contribution in [0.2, 0.25) is 0 Å². The van der Waals surface area contributed by atoms with E-state index in [1.54, 1.807) is 4.52 Å². The van der Waals surface area contributed by atoms with Gasteiger partial charge in [0.25, 0.3) is 0 Å². The molecule has 0 aliphatic carbocycles. The van der Waals surface area contributed by atoms with Crippen LogP contribution in [0.1, 0.15) is 25.3 Å². The Bertz CT molecular complexity index is 491. The lowest BCUT2D eigenvalue weighted by Crippen LogP contribution is -2.29. The van der Waals surface area contributed by atoms with Gasteiger partial charge >= 0.3 is 0 Å². The molecule has 0 fully saturated rings. The average molecular weight is 233 g/mol. The van der Waals surface area contributed by atoms with Gasteiger partial charge in [-0.25, -0.2) is 4.52 Å². The van der Waals surface area contributed by atoms with Crippen LogP contribution < -0.4 is 11.1 Å². The SMILES string of the molecule is CCCC(CN)Nc1nc2cc(C)ccn2n1. The van der Waals surface area contributed by atoms with Crippen LogP contribution in [0, 0.1) is 6.92 Å². The molecule has 0 spiro atoms. The Morgan fingerprint density at radius 2 is 2.35 bits per heavy atom. The van der Waals surface area contributed by atoms with E-state index in [0.717, 1.165) is 18.5 Å². The van der Waals surface area contributed by atoms with Gasteiger partial charge in [0.05, 0.1) is 0 Å². The summed E-state index contributed by atoms with van der Waals surface area (Å²) >= 11 is 0. The van der Waals surface area contributed by atoms with Crippen LogP contribution in [-0.4, -0.2) is 27.2 Å². The van der Waals surface area contributed by atoms with Gasteiger partial charge in [-0.2, -0.15) is 4.98 Å². The Balaban J connectivity index is 2.18. The van der Waals surface area contributed by atoms with E-state index in [0.29, 0.717) is 12.5 Å². The molecule has 0 bridgehead atoms. The maximum Gasteiger partial charge on any atom is 0.243 e. The largest absolute Gasteiger partial charge is 0.349 e. The highest BCUT2D eigenvalue weighted by Crippen LogP contribution is 2.09. The highest BCUT2D eigenvalue weighted by atomic mass is 15.3. The second kappa shape index (κ2) is 5.14. The molecule has 5 nitrogen and oxygen atoms in total. The zero-order valence-corrected chi connectivity index (χ0v) is 10.3. The Morgan fingerprint density at radius 3 is 3.06 bits per heavy atom. The Kier molecular flexibility index (Phi) is 3.58. The van der Waals surface area contributed by atoms with Gasteiger partial charge in [0.1, 0.15) is 0 Å². The van der Waals surface area contributed by atoms with Gasteiger partial charge < -0.3 is 11.1 Å². The Hall–Kier alpha value is -1.62. The minimum absolute atomic E-state index is 0.249. The number of hydrogen-bond donors (Lipinski definition) is 2. The van der Waals surface area contributed by atoms with E-state index in [1.165, 1.54) is 5.56 Å². The van der Waals surface area contributed by atoms with Gasteiger partial charge in [-0.3, -0.25) is 0 Å². The van der Waals surface area contributed by atoms with Crippen molar-refractivity contribution < 1.29 is 0 Å². The molecule has 0 aliphatic rings. The first-order valence-electron chi connectivity index (χ1n) is 6.02. The number of nitrogens with one attached hydrogen (secondary N) is 1. The monoisotopic (exact) mass is 233 g/mol. The smallest absolute Gasteiger partial charge is 0.243 e. The standard InChI is InChI=1S/C12H19N5/c1-3-4-10(8-13)14-12-15-11-7-9(2)5-6-17(11)16-12/h5-7,10H,3-4,8,13H2,1-2H3,(H,14,16). The van der Waals surface area contributed by atoms with Crippen molar-refractivity contribution in [1.29, 1.82) is 0 Å². The van der Waals surface area contributed by atoms with Crippen molar-refractivity contribution in [2.75, 3.05) is 11.9 Å². The zero-order chi connectivity index (χ0) is 12.3. The van der Waals surface area contributed by atoms with E-state index < -0.39 is 0 Å². The Labute approximate surface area is 101 Å². The van der Waals surface area contributed by atoms with Crippen LogP contribution in [0.4, 0.5) is 5.95 Å². The number of nitrogens with zero attached hydrogens (tertiary/aromatic N) is 3. The first-order chi connectivity index (χ1) is 8.22. The summed E-state index contributed by atoms with van der Waals surface area (Å²) in [6.07, 6.45) is 4.05. The van der Waals surface area contributed by atoms with Crippen molar-refractivity contribution in [3.05, 3.63) is 23.9 Å². The minimum Gasteiger partial charge on any atom is -0.349 e. The molecule has 0 radical (unpaired) electrons. The van der Waals surface area contributed by atoms with Gasteiger partial charge in [0, 0.05) is 18.8 Å². The van der Waals surface area contributed by atoms with E-state index in [4.69, 9.17) is 5.73 Å². The van der Waals surface area contributed by atoms with Crippen molar-refractivity contribution in [1.82, 2.24) is 14.6 Å². The lowest BCUT2D eigenvalue weighted by Gasteiger charge is -2.13. The minimum atomic E-state index is 0.249. The molecule has 2 heterocycles. The van der Waals surface area contributed by atoms with Crippen LogP contribution in [0.3, 0.4) is 0 Å². The third-order valence-electron chi connectivity index (χ3n) is 2.75. The lowest BCUT2D eigenvalue weighted by atomic mass is 10.2. The number of aromatic nitrogens is 3. The summed E-state index contributed by atoms with van der Waals surface area (Å²) in [7, 11) is 0. The van der Waals surface area contributed by atoms with Crippen LogP contribution >= 0.6 is 0 Å². The second-order valence-corrected chi connectivity index (χ2v) is 4.31. The normalized spacial score (nSPS) is 12.9. The number of fused-ring (bicyclic) bond motifs is 1. The zero-order valence-electron chi connectivity index (χ0n) is 10.3. The van der Waals surface area contributed by atoms with Crippen LogP contribution in [-0.2, 0) is 0 Å². The van der Waals surface area contributed by atoms with Crippen LogP contribution in [0.15, 0.2) is 18.3 Å². The molecule has 5 heteroatoms. The van der Waals surface area contributed by atoms with E-state index in [2.05, 4.69) is 22.3 Å². The van der Waals surface area contributed by atoms with Crippen molar-refractivity contribution in [2.45, 2.75) is 32.7 Å². The van der Waals surface area contributed by atoms with Crippen molar-refractivity contribution in [3.63, 3.8) is 0 Å². The molecular weight excluding hydrogens is 214 g/mol. The molecule has 1 atom stereocenters. The van der Waals surface area contributed by atoms with E-state index in [1.807, 2.05) is 25.3 Å². The molecule has 1 unspecified atom stereocenters. The summed E-state index contributed by atoms with van der Waals surface area (Å²) in [5, 5.41) is 7.63. The van der Waals surface area contributed by atoms with Gasteiger partial charge in [-0.1, -0.05) is 13.3 Å². The summed E-state index contributed by atoms with van der Waals surface area (Å²) < 4.78 is 1.77. The molecule has 0 aliphatic heterocycles. The van der Waals surface area contributed by atoms with Crippen LogP contribution in [0.25, 0.3) is 5.65 Å². The van der Waals surface area contributed by atoms with Gasteiger partial charge in [-0.15, -0.1) is 5.10 Å². The number of nitrogens with two attached hydrogens (primary N) is 1. The molecule has 0 saturated heterocycles. The van der Waals surface area contributed by atoms with E-state index >= 15 is 0 Å². The van der Waals surface area contributed by atoms with Gasteiger partial charge in [-0.05, 0) is 31.0 Å². The molecule has 0 saturated carbocycles. The fraction of sp³-hybridized carbons (Fsp3) is 0.500. The summed E-state index contributed by atoms with van der Waals surface area (Å²) in [4.78, 5) is 4.43. The molecule has 0 aromatic carbocycles. The molecular formula is C12H19N5. The maximum atomic E-state index is 5.70. The van der Waals surface area contributed by atoms with E-state index in [-0.39, 0.29) is 6.04 Å². The fourth-order valence-electron chi connectivity index (χ4n) is 1.82. The van der Waals surface area contributed by atoms with Gasteiger partial charge in [0.2, 0.25) is 5.95 Å². The molecule has 2 aromatic rings. The molecule has 0 amide bonds. The highest BCUT2D eigenvalue weighted by molar-refractivity contribution is 5.45. The van der Waals surface area contributed by atoms with Crippen LogP contribution in [0.5, 0.6) is 0 Å². The third-order valence-corrected chi connectivity index (χ3v) is 2.75. The first-order valence-corrected chi connectivity index (χ1v) is 6.02. The quantitative estimate of drug-likeness (QED) is 0.822. The predicted octanol–water partition coefficient (Wildman–Crippen LogP) is 1.58. The number of pyridine rings is 1. The summed E-state index contributed by atoms with van der Waals surface area (Å²) in [6, 6.07) is 4.27. The number of hydrogen-bond acceptors (Lipinski definition) is 4. The second-order valence-electron chi connectivity index (χ2n) is 4.31. The molecule has 2 rings (SSSR count). The number of rotatable bonds is 5. The summed E-state index contributed by atoms with van der Waals surface area (Å²) in [6.45, 7) is 4.79. The summed E-state index contributed by atoms with van der Waals surface area (Å²) in [5.74, 6) is 0.652. The average Bonchev–Trinajstić information content (AvgIpc) is 2.69. The lowest BCUT2D eigenvalue weighted by molar-refractivity contribution is 0.642. The number of anilines is 1. The topological polar surface area (TPSA) is 68.2 Å². The molecule has 17 heavy (non-hydrogen) atoms. The van der Waals surface area contributed by atoms with E-state index in [9.17, 15) is 0 Å². The predicted molar refractivity (Wildman–Crippen MR) is 69.1 cm³/mol. The molecule has 3 N–H and O–H groups in total. The molecule has 2 aromatic heterocycles. The fourth-order valence-corrected chi connectivity index (χ4v) is 1.82. The van der Waals surface area contributed by atoms with Crippen molar-refractivity contribution >= 4 is 11.6 Å². The number of aryl methyl sites for hydroxylation is 1. The first kappa shape index (κ1) is 11.9. The highest BCUT2D eigenvalue weighted by Gasteiger charge is 2.09. The summed E-state index contributed by atoms with van der Waals surface area (Å²) in [5.41, 5.74) is 7.74.